The zero-order valence-electron chi connectivity index (χ0n) is 21.9. The third kappa shape index (κ3) is 3.58. The second-order valence-corrected chi connectivity index (χ2v) is 10.3. The van der Waals surface area contributed by atoms with Gasteiger partial charge >= 0.3 is 0 Å². The number of nitrogens with zero attached hydrogens (tertiary/aromatic N) is 2. The molecule has 0 amide bonds. The first-order valence-corrected chi connectivity index (χ1v) is 13.7. The van der Waals surface area contributed by atoms with Crippen LogP contribution >= 0.6 is 0 Å². The van der Waals surface area contributed by atoms with Gasteiger partial charge in [-0.25, -0.2) is 0 Å². The van der Waals surface area contributed by atoms with Crippen molar-refractivity contribution in [2.75, 3.05) is 4.90 Å². The number of hydrogen-bond acceptors (Lipinski definition) is 1. The maximum Gasteiger partial charge on any atom is 0.0547 e. The highest BCUT2D eigenvalue weighted by molar-refractivity contribution is 6.15. The molecule has 40 heavy (non-hydrogen) atoms. The SMILES string of the molecule is c1ccc(N(c2ccccc2)c2ccc3c(c2)c2cc4ccccc4cc2n3-c2cccc3ccccc23)cc1. The minimum absolute atomic E-state index is 1.13. The van der Waals surface area contributed by atoms with Crippen LogP contribution < -0.4 is 4.90 Å². The Kier molecular flexibility index (Phi) is 5.17. The molecule has 0 unspecified atom stereocenters. The van der Waals surface area contributed by atoms with E-state index in [-0.39, 0.29) is 0 Å². The van der Waals surface area contributed by atoms with Gasteiger partial charge in [0.25, 0.3) is 0 Å². The highest BCUT2D eigenvalue weighted by Gasteiger charge is 2.18. The van der Waals surface area contributed by atoms with Crippen molar-refractivity contribution in [2.45, 2.75) is 0 Å². The maximum absolute atomic E-state index is 2.44. The van der Waals surface area contributed by atoms with Gasteiger partial charge in [-0.1, -0.05) is 97.1 Å². The summed E-state index contributed by atoms with van der Waals surface area (Å²) < 4.78 is 2.44. The van der Waals surface area contributed by atoms with Crippen LogP contribution in [0.4, 0.5) is 17.1 Å². The summed E-state index contributed by atoms with van der Waals surface area (Å²) in [4.78, 5) is 2.33. The standard InChI is InChI=1S/C38H26N2/c1-3-16-30(17-4-1)39(31-18-5-2-6-19-31)32-22-23-37-35(26-32)34-24-28-13-7-8-14-29(28)25-38(34)40(37)36-21-11-15-27-12-9-10-20-33(27)36/h1-26H. The van der Waals surface area contributed by atoms with Gasteiger partial charge in [-0.2, -0.15) is 0 Å². The molecule has 0 N–H and O–H groups in total. The van der Waals surface area contributed by atoms with Crippen molar-refractivity contribution >= 4 is 60.4 Å². The molecule has 0 aliphatic carbocycles. The molecule has 0 fully saturated rings. The van der Waals surface area contributed by atoms with Crippen LogP contribution in [0.5, 0.6) is 0 Å². The first-order chi connectivity index (χ1) is 19.8. The summed E-state index contributed by atoms with van der Waals surface area (Å²) in [6.07, 6.45) is 0. The topological polar surface area (TPSA) is 8.17 Å². The number of para-hydroxylation sites is 2. The van der Waals surface area contributed by atoms with Gasteiger partial charge in [0.05, 0.1) is 16.7 Å². The largest absolute Gasteiger partial charge is 0.310 e. The van der Waals surface area contributed by atoms with Crippen molar-refractivity contribution < 1.29 is 0 Å². The normalized spacial score (nSPS) is 11.5. The predicted molar refractivity (Wildman–Crippen MR) is 170 cm³/mol. The molecule has 0 spiro atoms. The fourth-order valence-corrected chi connectivity index (χ4v) is 6.10. The predicted octanol–water partition coefficient (Wildman–Crippen LogP) is 10.6. The molecule has 8 rings (SSSR count). The van der Waals surface area contributed by atoms with Crippen LogP contribution in [-0.4, -0.2) is 4.57 Å². The quantitative estimate of drug-likeness (QED) is 0.229. The van der Waals surface area contributed by atoms with E-state index in [2.05, 4.69) is 167 Å². The van der Waals surface area contributed by atoms with E-state index >= 15 is 0 Å². The number of benzene rings is 7. The fourth-order valence-electron chi connectivity index (χ4n) is 6.10. The molecule has 1 aromatic heterocycles. The number of fused-ring (bicyclic) bond motifs is 5. The van der Waals surface area contributed by atoms with Crippen LogP contribution in [0.15, 0.2) is 158 Å². The number of hydrogen-bond donors (Lipinski definition) is 0. The molecule has 7 aromatic carbocycles. The van der Waals surface area contributed by atoms with Crippen LogP contribution in [0.3, 0.4) is 0 Å². The molecule has 0 saturated carbocycles. The summed E-state index contributed by atoms with van der Waals surface area (Å²) in [5.41, 5.74) is 7.02. The Morgan fingerprint density at radius 3 is 1.65 bits per heavy atom. The van der Waals surface area contributed by atoms with Crippen molar-refractivity contribution in [1.29, 1.82) is 0 Å². The van der Waals surface area contributed by atoms with Gasteiger partial charge in [-0.3, -0.25) is 0 Å². The Labute approximate surface area is 233 Å². The summed E-state index contributed by atoms with van der Waals surface area (Å²) in [6, 6.07) is 56.7. The van der Waals surface area contributed by atoms with Crippen LogP contribution in [0, 0.1) is 0 Å². The Morgan fingerprint density at radius 2 is 0.925 bits per heavy atom. The van der Waals surface area contributed by atoms with E-state index in [1.54, 1.807) is 0 Å². The summed E-state index contributed by atoms with van der Waals surface area (Å²) in [5, 5.41) is 7.48. The second-order valence-electron chi connectivity index (χ2n) is 10.3. The molecular formula is C38H26N2. The minimum Gasteiger partial charge on any atom is -0.310 e. The van der Waals surface area contributed by atoms with Gasteiger partial charge in [-0.15, -0.1) is 0 Å². The fraction of sp³-hybridized carbons (Fsp3) is 0. The molecule has 0 aliphatic rings. The summed E-state index contributed by atoms with van der Waals surface area (Å²) in [7, 11) is 0. The lowest BCUT2D eigenvalue weighted by molar-refractivity contribution is 1.20. The van der Waals surface area contributed by atoms with E-state index in [9.17, 15) is 0 Å². The number of rotatable bonds is 4. The van der Waals surface area contributed by atoms with Crippen LogP contribution in [0.1, 0.15) is 0 Å². The molecule has 0 saturated heterocycles. The van der Waals surface area contributed by atoms with Crippen LogP contribution in [-0.2, 0) is 0 Å². The highest BCUT2D eigenvalue weighted by Crippen LogP contribution is 2.41. The van der Waals surface area contributed by atoms with Gasteiger partial charge in [0.2, 0.25) is 0 Å². The summed E-state index contributed by atoms with van der Waals surface area (Å²) in [5.74, 6) is 0. The lowest BCUT2D eigenvalue weighted by Gasteiger charge is -2.25. The Balaban J connectivity index is 1.46. The summed E-state index contributed by atoms with van der Waals surface area (Å²) >= 11 is 0. The lowest BCUT2D eigenvalue weighted by Crippen LogP contribution is -2.09. The molecule has 0 radical (unpaired) electrons. The Bertz CT molecular complexity index is 2110. The first-order valence-electron chi connectivity index (χ1n) is 13.7. The molecule has 0 aliphatic heterocycles. The first kappa shape index (κ1) is 22.6. The molecule has 1 heterocycles. The van der Waals surface area contributed by atoms with Crippen molar-refractivity contribution in [3.8, 4) is 5.69 Å². The zero-order chi connectivity index (χ0) is 26.5. The Hall–Kier alpha value is -5.34. The van der Waals surface area contributed by atoms with E-state index < -0.39 is 0 Å². The van der Waals surface area contributed by atoms with Gasteiger partial charge < -0.3 is 9.47 Å². The molecule has 2 heteroatoms. The van der Waals surface area contributed by atoms with Gasteiger partial charge in [0.15, 0.2) is 0 Å². The average Bonchev–Trinajstić information content (AvgIpc) is 3.33. The molecule has 0 atom stereocenters. The van der Waals surface area contributed by atoms with E-state index in [0.717, 1.165) is 17.1 Å². The van der Waals surface area contributed by atoms with Crippen molar-refractivity contribution in [3.63, 3.8) is 0 Å². The number of anilines is 3. The molecular weight excluding hydrogens is 484 g/mol. The average molecular weight is 511 g/mol. The number of aromatic nitrogens is 1. The smallest absolute Gasteiger partial charge is 0.0547 e. The molecule has 8 aromatic rings. The lowest BCUT2D eigenvalue weighted by atomic mass is 10.1. The van der Waals surface area contributed by atoms with Gasteiger partial charge in [0.1, 0.15) is 0 Å². The highest BCUT2D eigenvalue weighted by atomic mass is 15.1. The summed E-state index contributed by atoms with van der Waals surface area (Å²) in [6.45, 7) is 0. The van der Waals surface area contributed by atoms with Gasteiger partial charge in [0, 0.05) is 33.2 Å². The maximum atomic E-state index is 2.44. The van der Waals surface area contributed by atoms with Crippen molar-refractivity contribution in [1.82, 2.24) is 4.57 Å². The zero-order valence-corrected chi connectivity index (χ0v) is 21.9. The second kappa shape index (κ2) is 9.14. The minimum atomic E-state index is 1.13. The van der Waals surface area contributed by atoms with Gasteiger partial charge in [-0.05, 0) is 76.8 Å². The van der Waals surface area contributed by atoms with Crippen molar-refractivity contribution in [3.05, 3.63) is 158 Å². The third-order valence-electron chi connectivity index (χ3n) is 7.91. The van der Waals surface area contributed by atoms with E-state index in [0.29, 0.717) is 0 Å². The third-order valence-corrected chi connectivity index (χ3v) is 7.91. The Morgan fingerprint density at radius 1 is 0.350 bits per heavy atom. The van der Waals surface area contributed by atoms with Crippen LogP contribution in [0.2, 0.25) is 0 Å². The van der Waals surface area contributed by atoms with E-state index in [1.807, 2.05) is 0 Å². The monoisotopic (exact) mass is 510 g/mol. The van der Waals surface area contributed by atoms with Crippen molar-refractivity contribution in [2.24, 2.45) is 0 Å². The molecule has 0 bridgehead atoms. The molecule has 188 valence electrons. The molecule has 2 nitrogen and oxygen atoms in total. The van der Waals surface area contributed by atoms with E-state index in [4.69, 9.17) is 0 Å². The van der Waals surface area contributed by atoms with Crippen LogP contribution in [0.25, 0.3) is 49.0 Å². The van der Waals surface area contributed by atoms with E-state index in [1.165, 1.54) is 49.0 Å².